The largest absolute Gasteiger partial charge is 0.416 e. The van der Waals surface area contributed by atoms with E-state index < -0.39 is 23.4 Å². The first-order valence-electron chi connectivity index (χ1n) is 9.70. The molecule has 1 aliphatic heterocycles. The smallest absolute Gasteiger partial charge is 0.321 e. The summed E-state index contributed by atoms with van der Waals surface area (Å²) in [6.07, 6.45) is -4.51. The van der Waals surface area contributed by atoms with Crippen LogP contribution in [0.15, 0.2) is 58.6 Å². The molecule has 0 saturated carbocycles. The molecule has 33 heavy (non-hydrogen) atoms. The normalized spacial score (nSPS) is 14.5. The summed E-state index contributed by atoms with van der Waals surface area (Å²) in [4.78, 5) is 26.0. The summed E-state index contributed by atoms with van der Waals surface area (Å²) in [5, 5.41) is 12.4. The molecule has 2 aromatic carbocycles. The number of rotatable bonds is 3. The second-order valence-electron chi connectivity index (χ2n) is 7.50. The van der Waals surface area contributed by atoms with Crippen molar-refractivity contribution in [3.63, 3.8) is 0 Å². The van der Waals surface area contributed by atoms with Gasteiger partial charge < -0.3 is 9.88 Å². The molecule has 0 aliphatic carbocycles. The summed E-state index contributed by atoms with van der Waals surface area (Å²) < 4.78 is 41.7. The molecule has 0 bridgehead atoms. The summed E-state index contributed by atoms with van der Waals surface area (Å²) in [5.74, 6) is -1.25. The van der Waals surface area contributed by atoms with Gasteiger partial charge in [-0.2, -0.15) is 18.4 Å². The Bertz CT molecular complexity index is 1410. The first-order chi connectivity index (χ1) is 15.5. The van der Waals surface area contributed by atoms with Crippen molar-refractivity contribution in [2.24, 2.45) is 0 Å². The number of nitriles is 1. The summed E-state index contributed by atoms with van der Waals surface area (Å²) in [6.45, 7) is 3.23. The van der Waals surface area contributed by atoms with Gasteiger partial charge in [-0.15, -0.1) is 0 Å². The van der Waals surface area contributed by atoms with Crippen LogP contribution < -0.4 is 5.32 Å². The SMILES string of the molecule is Cc1cc(C(=O)/C(C#N)=C2/C(=O)Nc3ccc(Br)cc32)c(C)n1-c1cccc(C(F)(F)F)c1. The van der Waals surface area contributed by atoms with E-state index in [1.807, 2.05) is 6.07 Å². The maximum absolute atomic E-state index is 13.4. The van der Waals surface area contributed by atoms with Gasteiger partial charge in [-0.25, -0.2) is 0 Å². The third kappa shape index (κ3) is 3.87. The number of anilines is 1. The lowest BCUT2D eigenvalue weighted by Gasteiger charge is -2.13. The molecule has 5 nitrogen and oxygen atoms in total. The number of carbonyl (C=O) groups is 2. The van der Waals surface area contributed by atoms with Crippen molar-refractivity contribution in [3.8, 4) is 11.8 Å². The van der Waals surface area contributed by atoms with E-state index in [9.17, 15) is 28.0 Å². The van der Waals surface area contributed by atoms with Crippen molar-refractivity contribution < 1.29 is 22.8 Å². The van der Waals surface area contributed by atoms with Gasteiger partial charge in [-0.1, -0.05) is 22.0 Å². The number of hydrogen-bond donors (Lipinski definition) is 1. The van der Waals surface area contributed by atoms with Crippen LogP contribution in [0.5, 0.6) is 0 Å². The highest BCUT2D eigenvalue weighted by atomic mass is 79.9. The first-order valence-corrected chi connectivity index (χ1v) is 10.5. The van der Waals surface area contributed by atoms with Gasteiger partial charge in [0.05, 0.1) is 11.1 Å². The molecular formula is C24H15BrF3N3O2. The van der Waals surface area contributed by atoms with Crippen LogP contribution in [-0.2, 0) is 11.0 Å². The number of fused-ring (bicyclic) bond motifs is 1. The molecular weight excluding hydrogens is 499 g/mol. The number of aryl methyl sites for hydroxylation is 1. The highest BCUT2D eigenvalue weighted by molar-refractivity contribution is 9.10. The lowest BCUT2D eigenvalue weighted by atomic mass is 9.95. The van der Waals surface area contributed by atoms with Gasteiger partial charge in [-0.3, -0.25) is 9.59 Å². The fourth-order valence-corrected chi connectivity index (χ4v) is 4.31. The van der Waals surface area contributed by atoms with E-state index >= 15 is 0 Å². The predicted molar refractivity (Wildman–Crippen MR) is 120 cm³/mol. The number of halogens is 4. The fourth-order valence-electron chi connectivity index (χ4n) is 3.95. The number of allylic oxidation sites excluding steroid dienone is 1. The zero-order valence-corrected chi connectivity index (χ0v) is 18.9. The zero-order valence-electron chi connectivity index (χ0n) is 17.3. The Kier molecular flexibility index (Phi) is 5.50. The van der Waals surface area contributed by atoms with E-state index in [1.165, 1.54) is 22.8 Å². The Morgan fingerprint density at radius 2 is 1.85 bits per heavy atom. The van der Waals surface area contributed by atoms with Gasteiger partial charge >= 0.3 is 6.18 Å². The number of aromatic nitrogens is 1. The van der Waals surface area contributed by atoms with Crippen molar-refractivity contribution >= 4 is 38.9 Å². The van der Waals surface area contributed by atoms with Gasteiger partial charge in [0.25, 0.3) is 5.91 Å². The standard InChI is InChI=1S/C24H15BrF3N3O2/c1-12-8-17(13(2)31(12)16-5-3-4-14(9-16)24(26,27)28)22(32)19(11-29)21-18-10-15(25)6-7-20(18)30-23(21)33/h3-10H,1-2H3,(H,30,33)/b21-19+. The third-order valence-corrected chi connectivity index (χ3v) is 5.92. The van der Waals surface area contributed by atoms with E-state index in [2.05, 4.69) is 21.2 Å². The second kappa shape index (κ2) is 8.05. The summed E-state index contributed by atoms with van der Waals surface area (Å²) in [6, 6.07) is 13.1. The van der Waals surface area contributed by atoms with Crippen LogP contribution in [0.25, 0.3) is 11.3 Å². The highest BCUT2D eigenvalue weighted by Crippen LogP contribution is 2.37. The predicted octanol–water partition coefficient (Wildman–Crippen LogP) is 5.99. The Labute approximate surface area is 195 Å². The average Bonchev–Trinajstić information content (AvgIpc) is 3.23. The van der Waals surface area contributed by atoms with Crippen molar-refractivity contribution in [3.05, 3.63) is 86.7 Å². The maximum Gasteiger partial charge on any atom is 0.416 e. The van der Waals surface area contributed by atoms with Gasteiger partial charge in [0.1, 0.15) is 11.6 Å². The molecule has 0 spiro atoms. The Hall–Kier alpha value is -3.64. The van der Waals surface area contributed by atoms with Crippen LogP contribution in [0.1, 0.15) is 32.9 Å². The molecule has 4 rings (SSSR count). The van der Waals surface area contributed by atoms with Crippen LogP contribution >= 0.6 is 15.9 Å². The molecule has 1 aliphatic rings. The molecule has 166 valence electrons. The summed E-state index contributed by atoms with van der Waals surface area (Å²) in [7, 11) is 0. The van der Waals surface area contributed by atoms with E-state index in [4.69, 9.17) is 0 Å². The molecule has 1 amide bonds. The average molecular weight is 514 g/mol. The number of alkyl halides is 3. The van der Waals surface area contributed by atoms with Gasteiger partial charge in [-0.05, 0) is 56.3 Å². The Morgan fingerprint density at radius 3 is 2.52 bits per heavy atom. The van der Waals surface area contributed by atoms with Crippen molar-refractivity contribution in [2.75, 3.05) is 5.32 Å². The minimum absolute atomic E-state index is 0.0392. The number of hydrogen-bond acceptors (Lipinski definition) is 3. The number of nitrogens with zero attached hydrogens (tertiary/aromatic N) is 2. The third-order valence-electron chi connectivity index (χ3n) is 5.42. The van der Waals surface area contributed by atoms with Crippen LogP contribution in [0.3, 0.4) is 0 Å². The van der Waals surface area contributed by atoms with Crippen LogP contribution in [-0.4, -0.2) is 16.3 Å². The molecule has 0 radical (unpaired) electrons. The minimum Gasteiger partial charge on any atom is -0.321 e. The molecule has 3 aromatic rings. The molecule has 0 unspecified atom stereocenters. The van der Waals surface area contributed by atoms with Crippen LogP contribution in [0.4, 0.5) is 18.9 Å². The van der Waals surface area contributed by atoms with Crippen LogP contribution in [0.2, 0.25) is 0 Å². The topological polar surface area (TPSA) is 74.9 Å². The van der Waals surface area contributed by atoms with E-state index in [1.54, 1.807) is 32.0 Å². The first kappa shape index (κ1) is 22.6. The van der Waals surface area contributed by atoms with Crippen LogP contribution in [0, 0.1) is 25.2 Å². The number of Topliss-reactive ketones (excluding diaryl/α,β-unsaturated/α-hetero) is 1. The quantitative estimate of drug-likeness (QED) is 0.265. The molecule has 9 heteroatoms. The molecule has 0 atom stereocenters. The Balaban J connectivity index is 1.85. The number of benzene rings is 2. The van der Waals surface area contributed by atoms with E-state index in [0.29, 0.717) is 27.1 Å². The summed E-state index contributed by atoms with van der Waals surface area (Å²) in [5.41, 5.74) is 0.943. The minimum atomic E-state index is -4.51. The number of amides is 1. The van der Waals surface area contributed by atoms with E-state index in [0.717, 1.165) is 12.1 Å². The van der Waals surface area contributed by atoms with Gasteiger partial charge in [0.2, 0.25) is 5.78 Å². The van der Waals surface area contributed by atoms with Crippen molar-refractivity contribution in [1.29, 1.82) is 5.26 Å². The zero-order chi connectivity index (χ0) is 24.1. The molecule has 0 fully saturated rings. The van der Waals surface area contributed by atoms with Gasteiger partial charge in [0, 0.05) is 38.4 Å². The Morgan fingerprint density at radius 1 is 1.12 bits per heavy atom. The number of ketones is 1. The maximum atomic E-state index is 13.4. The van der Waals surface area contributed by atoms with Crippen molar-refractivity contribution in [2.45, 2.75) is 20.0 Å². The van der Waals surface area contributed by atoms with E-state index in [-0.39, 0.29) is 22.4 Å². The molecule has 0 saturated heterocycles. The lowest BCUT2D eigenvalue weighted by molar-refractivity contribution is -0.137. The highest BCUT2D eigenvalue weighted by Gasteiger charge is 2.33. The molecule has 1 aromatic heterocycles. The monoisotopic (exact) mass is 513 g/mol. The van der Waals surface area contributed by atoms with Gasteiger partial charge in [0.15, 0.2) is 0 Å². The fraction of sp³-hybridized carbons (Fsp3) is 0.125. The molecule has 1 N–H and O–H groups in total. The van der Waals surface area contributed by atoms with Crippen molar-refractivity contribution in [1.82, 2.24) is 4.57 Å². The lowest BCUT2D eigenvalue weighted by Crippen LogP contribution is -2.12. The summed E-state index contributed by atoms with van der Waals surface area (Å²) >= 11 is 3.32. The number of nitrogens with one attached hydrogen (secondary N) is 1. The molecule has 2 heterocycles. The number of carbonyl (C=O) groups excluding carboxylic acids is 2. The second-order valence-corrected chi connectivity index (χ2v) is 8.42.